The van der Waals surface area contributed by atoms with Crippen LogP contribution in [0.2, 0.25) is 0 Å². The summed E-state index contributed by atoms with van der Waals surface area (Å²) in [4.78, 5) is 0. The van der Waals surface area contributed by atoms with Crippen molar-refractivity contribution < 1.29 is 49.0 Å². The van der Waals surface area contributed by atoms with Gasteiger partial charge in [0.2, 0.25) is 0 Å². The van der Waals surface area contributed by atoms with E-state index >= 15 is 0 Å². The molecule has 1 fully saturated rings. The number of hydrogen-bond acceptors (Lipinski definition) is 0. The van der Waals surface area contributed by atoms with Crippen LogP contribution < -0.4 is 24.8 Å². The van der Waals surface area contributed by atoms with Crippen molar-refractivity contribution in [2.45, 2.75) is 71.6 Å². The van der Waals surface area contributed by atoms with Crippen molar-refractivity contribution in [3.05, 3.63) is 89.0 Å². The summed E-state index contributed by atoms with van der Waals surface area (Å²) in [6.45, 7) is 13.6. The fraction of sp³-hybridized carbons (Fsp3) is 0.379. The van der Waals surface area contributed by atoms with E-state index in [0.717, 1.165) is 6.42 Å². The van der Waals surface area contributed by atoms with E-state index in [-0.39, 0.29) is 35.6 Å². The van der Waals surface area contributed by atoms with Crippen LogP contribution in [0.25, 0.3) is 11.1 Å². The molecule has 0 N–H and O–H groups in total. The van der Waals surface area contributed by atoms with Gasteiger partial charge in [0.05, 0.1) is 0 Å². The Morgan fingerprint density at radius 1 is 0.812 bits per heavy atom. The molecule has 2 aliphatic carbocycles. The molecule has 0 heterocycles. The van der Waals surface area contributed by atoms with Gasteiger partial charge in [-0.15, -0.1) is 5.56 Å². The number of fused-ring (bicyclic) bond motifs is 3. The van der Waals surface area contributed by atoms with Gasteiger partial charge >= 0.3 is 40.3 Å². The minimum atomic E-state index is 0. The maximum Gasteiger partial charge on any atom is -0.172 e. The molecule has 0 unspecified atom stereocenters. The summed E-state index contributed by atoms with van der Waals surface area (Å²) in [5.41, 5.74) is 8.76. The third-order valence-electron chi connectivity index (χ3n) is 5.58. The summed E-state index contributed by atoms with van der Waals surface area (Å²) in [5, 5.41) is 0. The average molecular weight is 545 g/mol. The molecule has 0 saturated heterocycles. The van der Waals surface area contributed by atoms with Crippen LogP contribution in [0.4, 0.5) is 0 Å². The Bertz CT molecular complexity index is 918. The molecule has 0 atom stereocenters. The second kappa shape index (κ2) is 12.0. The third-order valence-corrected chi connectivity index (χ3v) is 6.81. The van der Waals surface area contributed by atoms with Crippen molar-refractivity contribution in [2.24, 2.45) is 0 Å². The number of hydrogen-bond donors (Lipinski definition) is 0. The van der Waals surface area contributed by atoms with Gasteiger partial charge in [0.1, 0.15) is 0 Å². The summed E-state index contributed by atoms with van der Waals surface area (Å²) in [5.74, 6) is 0. The molecule has 3 aromatic rings. The minimum absolute atomic E-state index is 0. The Morgan fingerprint density at radius 2 is 1.34 bits per heavy atom. The monoisotopic (exact) mass is 542 g/mol. The fourth-order valence-electron chi connectivity index (χ4n) is 3.37. The smallest absolute Gasteiger partial charge is 0.172 e. The standard InChI is InChI=1S/C21H25.C5H5.C3H4.2ClH.Zr/c1-20(2,3)16-9-7-14-11-15-8-10-17(21(4,5)6)13-19(15)18(14)12-16;1-2-4-5-3-1;1-2-3-1;;;/h7,9-10,12-13H,11H2,1-6H3;1-5H;1-2H2;2*1H;/q2*-1;;;;+2/p-2. The van der Waals surface area contributed by atoms with Crippen molar-refractivity contribution in [3.63, 3.8) is 0 Å². The van der Waals surface area contributed by atoms with Crippen molar-refractivity contribution in [3.8, 4) is 11.1 Å². The van der Waals surface area contributed by atoms with Crippen molar-refractivity contribution >= 4 is 3.21 Å². The van der Waals surface area contributed by atoms with Gasteiger partial charge < -0.3 is 24.8 Å². The zero-order chi connectivity index (χ0) is 21.9. The molecule has 0 spiro atoms. The van der Waals surface area contributed by atoms with Crippen LogP contribution in [-0.2, 0) is 41.5 Å². The first kappa shape index (κ1) is 29.2. The van der Waals surface area contributed by atoms with Gasteiger partial charge in [-0.05, 0) is 17.4 Å². The predicted molar refractivity (Wildman–Crippen MR) is 127 cm³/mol. The van der Waals surface area contributed by atoms with E-state index in [1.54, 1.807) is 27.4 Å². The zero-order valence-electron chi connectivity index (χ0n) is 20.2. The molecule has 0 aliphatic heterocycles. The van der Waals surface area contributed by atoms with Crippen molar-refractivity contribution in [1.82, 2.24) is 0 Å². The summed E-state index contributed by atoms with van der Waals surface area (Å²) < 4.78 is 1.76. The molecule has 0 nitrogen and oxygen atoms in total. The zero-order valence-corrected chi connectivity index (χ0v) is 24.1. The molecule has 5 rings (SSSR count). The van der Waals surface area contributed by atoms with E-state index in [9.17, 15) is 0 Å². The Hall–Kier alpha value is -0.877. The summed E-state index contributed by atoms with van der Waals surface area (Å²) in [7, 11) is 0. The van der Waals surface area contributed by atoms with Gasteiger partial charge in [-0.25, -0.2) is 12.1 Å². The topological polar surface area (TPSA) is 0 Å². The molecule has 0 amide bonds. The van der Waals surface area contributed by atoms with Crippen LogP contribution in [0, 0.1) is 6.07 Å². The molecule has 0 bridgehead atoms. The summed E-state index contributed by atoms with van der Waals surface area (Å²) in [6.07, 6.45) is 3.91. The van der Waals surface area contributed by atoms with Crippen molar-refractivity contribution in [2.75, 3.05) is 0 Å². The summed E-state index contributed by atoms with van der Waals surface area (Å²) in [6, 6.07) is 25.1. The summed E-state index contributed by atoms with van der Waals surface area (Å²) >= 11 is 1.66. The molecular weight excluding hydrogens is 510 g/mol. The van der Waals surface area contributed by atoms with Crippen molar-refractivity contribution in [1.29, 1.82) is 0 Å². The first-order chi connectivity index (χ1) is 14.1. The Kier molecular flexibility index (Phi) is 10.9. The maximum absolute atomic E-state index is 3.53. The van der Waals surface area contributed by atoms with Crippen LogP contribution in [0.3, 0.4) is 0 Å². The fourth-order valence-corrected chi connectivity index (χ4v) is 3.68. The third kappa shape index (κ3) is 8.16. The minimum Gasteiger partial charge on any atom is -0.214 e. The normalized spacial score (nSPS) is 13.2. The molecular formula is C29H34Cl2Zr-2. The number of benzene rings is 2. The van der Waals surface area contributed by atoms with Crippen LogP contribution in [-0.4, -0.2) is 3.21 Å². The van der Waals surface area contributed by atoms with E-state index in [0.29, 0.717) is 0 Å². The molecule has 3 aromatic carbocycles. The van der Waals surface area contributed by atoms with Gasteiger partial charge in [0.15, 0.2) is 0 Å². The number of halogens is 2. The quantitative estimate of drug-likeness (QED) is 0.295. The van der Waals surface area contributed by atoms with E-state index < -0.39 is 0 Å². The molecule has 0 aromatic heterocycles. The van der Waals surface area contributed by atoms with Crippen LogP contribution >= 0.6 is 0 Å². The van der Waals surface area contributed by atoms with Crippen LogP contribution in [0.15, 0.2) is 60.7 Å². The maximum atomic E-state index is 3.53. The second-order valence-corrected chi connectivity index (χ2v) is 12.1. The predicted octanol–water partition coefficient (Wildman–Crippen LogP) is 1.57. The van der Waals surface area contributed by atoms with Gasteiger partial charge in [-0.1, -0.05) is 76.3 Å². The van der Waals surface area contributed by atoms with E-state index in [1.165, 1.54) is 46.2 Å². The number of rotatable bonds is 0. The SMILES string of the molecule is CC(C)(C)c1c[c-]c2c(c1)-c1cc(C(C)(C)C)ccc1C2.[Cl-].[Cl-].[Zr+2]=[C]1CC1.c1cc[cH-]c1. The van der Waals surface area contributed by atoms with Gasteiger partial charge in [-0.2, -0.15) is 47.5 Å². The first-order valence-corrected chi connectivity index (χ1v) is 12.2. The van der Waals surface area contributed by atoms with E-state index in [1.807, 2.05) is 30.3 Å². The van der Waals surface area contributed by atoms with Crippen LogP contribution in [0.1, 0.15) is 76.6 Å². The molecule has 2 aliphatic rings. The molecule has 1 saturated carbocycles. The molecule has 170 valence electrons. The van der Waals surface area contributed by atoms with Gasteiger partial charge in [0.25, 0.3) is 0 Å². The Morgan fingerprint density at radius 3 is 1.78 bits per heavy atom. The average Bonchev–Trinajstić information content (AvgIpc) is 3.15. The first-order valence-electron chi connectivity index (χ1n) is 11.0. The van der Waals surface area contributed by atoms with Gasteiger partial charge in [-0.3, -0.25) is 0 Å². The van der Waals surface area contributed by atoms with Crippen LogP contribution in [0.5, 0.6) is 0 Å². The van der Waals surface area contributed by atoms with E-state index in [2.05, 4.69) is 77.9 Å². The Labute approximate surface area is 222 Å². The molecule has 3 heteroatoms. The second-order valence-electron chi connectivity index (χ2n) is 10.4. The molecule has 0 radical (unpaired) electrons. The molecule has 32 heavy (non-hydrogen) atoms. The largest absolute Gasteiger partial charge is 0.214 e. The van der Waals surface area contributed by atoms with E-state index in [4.69, 9.17) is 0 Å². The Balaban J connectivity index is 0.000000387. The van der Waals surface area contributed by atoms with Gasteiger partial charge in [0, 0.05) is 0 Å².